The van der Waals surface area contributed by atoms with Crippen molar-refractivity contribution in [3.63, 3.8) is 0 Å². The van der Waals surface area contributed by atoms with Gasteiger partial charge < -0.3 is 9.64 Å². The summed E-state index contributed by atoms with van der Waals surface area (Å²) in [6.07, 6.45) is 5.27. The van der Waals surface area contributed by atoms with Gasteiger partial charge in [-0.2, -0.15) is 10.2 Å². The second-order valence-electron chi connectivity index (χ2n) is 5.77. The molecule has 0 aliphatic rings. The molecular weight excluding hydrogens is 377 g/mol. The number of carbonyl (C=O) groups is 1. The lowest BCUT2D eigenvalue weighted by Crippen LogP contribution is -2.26. The SMILES string of the molecule is CN(Cc1cnn(C)c1)C(=O)c1ccn(COc2ccc(Cl)cc2Cl)n1. The minimum Gasteiger partial charge on any atom is -0.470 e. The van der Waals surface area contributed by atoms with Gasteiger partial charge in [0.05, 0.1) is 11.2 Å². The topological polar surface area (TPSA) is 65.2 Å². The van der Waals surface area contributed by atoms with Gasteiger partial charge in [0.25, 0.3) is 5.91 Å². The van der Waals surface area contributed by atoms with Gasteiger partial charge in [-0.1, -0.05) is 23.2 Å². The smallest absolute Gasteiger partial charge is 0.274 e. The molecule has 0 saturated carbocycles. The van der Waals surface area contributed by atoms with E-state index in [4.69, 9.17) is 27.9 Å². The molecule has 0 saturated heterocycles. The molecule has 2 heterocycles. The molecule has 3 aromatic rings. The van der Waals surface area contributed by atoms with Crippen LogP contribution in [0, 0.1) is 0 Å². The van der Waals surface area contributed by atoms with Crippen LogP contribution >= 0.6 is 23.2 Å². The van der Waals surface area contributed by atoms with E-state index in [9.17, 15) is 4.79 Å². The van der Waals surface area contributed by atoms with E-state index in [1.807, 2.05) is 13.2 Å². The normalized spacial score (nSPS) is 10.8. The average molecular weight is 394 g/mol. The van der Waals surface area contributed by atoms with Crippen LogP contribution in [0.25, 0.3) is 0 Å². The van der Waals surface area contributed by atoms with Crippen molar-refractivity contribution in [2.45, 2.75) is 13.3 Å². The van der Waals surface area contributed by atoms with Gasteiger partial charge in [0.15, 0.2) is 12.4 Å². The lowest BCUT2D eigenvalue weighted by molar-refractivity contribution is 0.0777. The second kappa shape index (κ2) is 7.80. The van der Waals surface area contributed by atoms with E-state index in [-0.39, 0.29) is 12.6 Å². The molecule has 136 valence electrons. The van der Waals surface area contributed by atoms with Crippen molar-refractivity contribution >= 4 is 29.1 Å². The molecule has 26 heavy (non-hydrogen) atoms. The minimum atomic E-state index is -0.183. The summed E-state index contributed by atoms with van der Waals surface area (Å²) in [5.41, 5.74) is 1.28. The fourth-order valence-corrected chi connectivity index (χ4v) is 2.83. The quantitative estimate of drug-likeness (QED) is 0.644. The number of aromatic nitrogens is 4. The number of hydrogen-bond donors (Lipinski definition) is 0. The third kappa shape index (κ3) is 4.36. The van der Waals surface area contributed by atoms with E-state index >= 15 is 0 Å². The van der Waals surface area contributed by atoms with Crippen molar-refractivity contribution in [1.82, 2.24) is 24.5 Å². The monoisotopic (exact) mass is 393 g/mol. The molecule has 0 N–H and O–H groups in total. The number of benzene rings is 1. The van der Waals surface area contributed by atoms with Gasteiger partial charge in [0.1, 0.15) is 5.75 Å². The molecule has 0 spiro atoms. The Kier molecular flexibility index (Phi) is 5.49. The summed E-state index contributed by atoms with van der Waals surface area (Å²) in [5, 5.41) is 9.29. The molecule has 9 heteroatoms. The van der Waals surface area contributed by atoms with Gasteiger partial charge in [0, 0.05) is 43.6 Å². The molecule has 0 unspecified atom stereocenters. The fourth-order valence-electron chi connectivity index (χ4n) is 2.37. The van der Waals surface area contributed by atoms with Crippen LogP contribution in [0.2, 0.25) is 10.0 Å². The van der Waals surface area contributed by atoms with E-state index in [1.54, 1.807) is 53.3 Å². The Bertz CT molecular complexity index is 922. The van der Waals surface area contributed by atoms with Gasteiger partial charge in [-0.25, -0.2) is 4.68 Å². The number of rotatable bonds is 6. The predicted octanol–water partition coefficient (Wildman–Crippen LogP) is 3.23. The standard InChI is InChI=1S/C17H17Cl2N5O2/c1-22(9-12-8-20-23(2)10-12)17(25)15-5-6-24(21-15)11-26-16-4-3-13(18)7-14(16)19/h3-8,10H,9,11H2,1-2H3. The first-order valence-corrected chi connectivity index (χ1v) is 8.52. The molecule has 2 aromatic heterocycles. The highest BCUT2D eigenvalue weighted by atomic mass is 35.5. The molecular formula is C17H17Cl2N5O2. The van der Waals surface area contributed by atoms with Crippen molar-refractivity contribution in [2.24, 2.45) is 7.05 Å². The zero-order valence-electron chi connectivity index (χ0n) is 14.3. The van der Waals surface area contributed by atoms with Crippen molar-refractivity contribution in [1.29, 1.82) is 0 Å². The van der Waals surface area contributed by atoms with Gasteiger partial charge in [0.2, 0.25) is 0 Å². The first kappa shape index (κ1) is 18.3. The van der Waals surface area contributed by atoms with Crippen molar-refractivity contribution < 1.29 is 9.53 Å². The van der Waals surface area contributed by atoms with Crippen LogP contribution in [0.5, 0.6) is 5.75 Å². The van der Waals surface area contributed by atoms with Crippen LogP contribution in [-0.4, -0.2) is 37.4 Å². The van der Waals surface area contributed by atoms with Gasteiger partial charge in [-0.3, -0.25) is 9.48 Å². The number of amides is 1. The summed E-state index contributed by atoms with van der Waals surface area (Å²) in [6, 6.07) is 6.62. The first-order valence-electron chi connectivity index (χ1n) is 7.76. The summed E-state index contributed by atoms with van der Waals surface area (Å²) in [5.74, 6) is 0.310. The summed E-state index contributed by atoms with van der Waals surface area (Å²) in [7, 11) is 3.55. The van der Waals surface area contributed by atoms with E-state index in [0.29, 0.717) is 28.0 Å². The van der Waals surface area contributed by atoms with Crippen LogP contribution in [-0.2, 0) is 20.3 Å². The Morgan fingerprint density at radius 1 is 1.31 bits per heavy atom. The third-order valence-corrected chi connectivity index (χ3v) is 4.16. The predicted molar refractivity (Wildman–Crippen MR) is 98.3 cm³/mol. The lowest BCUT2D eigenvalue weighted by Gasteiger charge is -2.14. The summed E-state index contributed by atoms with van der Waals surface area (Å²) in [4.78, 5) is 14.1. The highest BCUT2D eigenvalue weighted by molar-refractivity contribution is 6.35. The molecule has 0 aliphatic heterocycles. The largest absolute Gasteiger partial charge is 0.470 e. The van der Waals surface area contributed by atoms with Crippen molar-refractivity contribution in [3.05, 3.63) is 64.2 Å². The van der Waals surface area contributed by atoms with E-state index < -0.39 is 0 Å². The Morgan fingerprint density at radius 2 is 2.12 bits per heavy atom. The van der Waals surface area contributed by atoms with E-state index in [0.717, 1.165) is 5.56 Å². The average Bonchev–Trinajstić information content (AvgIpc) is 3.22. The maximum atomic E-state index is 12.5. The number of halogens is 2. The van der Waals surface area contributed by atoms with Crippen molar-refractivity contribution in [3.8, 4) is 5.75 Å². The highest BCUT2D eigenvalue weighted by Gasteiger charge is 2.16. The molecule has 3 rings (SSSR count). The Labute approximate surface area is 160 Å². The lowest BCUT2D eigenvalue weighted by atomic mass is 10.3. The third-order valence-electron chi connectivity index (χ3n) is 3.63. The maximum absolute atomic E-state index is 12.5. The number of carbonyl (C=O) groups excluding carboxylic acids is 1. The second-order valence-corrected chi connectivity index (χ2v) is 6.62. The van der Waals surface area contributed by atoms with Crippen molar-refractivity contribution in [2.75, 3.05) is 7.05 Å². The summed E-state index contributed by atoms with van der Waals surface area (Å²) >= 11 is 11.9. The molecule has 0 aliphatic carbocycles. The molecule has 0 radical (unpaired) electrons. The first-order chi connectivity index (χ1) is 12.4. The Morgan fingerprint density at radius 3 is 2.81 bits per heavy atom. The van der Waals surface area contributed by atoms with Crippen LogP contribution in [0.3, 0.4) is 0 Å². The molecule has 0 bridgehead atoms. The van der Waals surface area contributed by atoms with Gasteiger partial charge >= 0.3 is 0 Å². The van der Waals surface area contributed by atoms with Gasteiger partial charge in [-0.15, -0.1) is 0 Å². The van der Waals surface area contributed by atoms with Crippen LogP contribution in [0.15, 0.2) is 42.9 Å². The number of nitrogens with zero attached hydrogens (tertiary/aromatic N) is 5. The molecule has 1 amide bonds. The zero-order valence-corrected chi connectivity index (χ0v) is 15.8. The molecule has 0 fully saturated rings. The summed E-state index contributed by atoms with van der Waals surface area (Å²) < 4.78 is 8.82. The number of hydrogen-bond acceptors (Lipinski definition) is 4. The maximum Gasteiger partial charge on any atom is 0.274 e. The van der Waals surface area contributed by atoms with Crippen LogP contribution < -0.4 is 4.74 Å². The molecule has 7 nitrogen and oxygen atoms in total. The van der Waals surface area contributed by atoms with E-state index in [2.05, 4.69) is 10.2 Å². The number of ether oxygens (including phenoxy) is 1. The van der Waals surface area contributed by atoms with Gasteiger partial charge in [-0.05, 0) is 24.3 Å². The van der Waals surface area contributed by atoms with Crippen LogP contribution in [0.4, 0.5) is 0 Å². The zero-order chi connectivity index (χ0) is 18.7. The van der Waals surface area contributed by atoms with Crippen LogP contribution in [0.1, 0.15) is 16.1 Å². The highest BCUT2D eigenvalue weighted by Crippen LogP contribution is 2.27. The fraction of sp³-hybridized carbons (Fsp3) is 0.235. The number of aryl methyl sites for hydroxylation is 1. The Balaban J connectivity index is 1.60. The van der Waals surface area contributed by atoms with E-state index in [1.165, 1.54) is 4.68 Å². The molecule has 0 atom stereocenters. The minimum absolute atomic E-state index is 0.126. The Hall–Kier alpha value is -2.51. The molecule has 1 aromatic carbocycles. The summed E-state index contributed by atoms with van der Waals surface area (Å²) in [6.45, 7) is 0.581.